The zero-order valence-corrected chi connectivity index (χ0v) is 19.8. The van der Waals surface area contributed by atoms with Crippen molar-refractivity contribution in [2.45, 2.75) is 0 Å². The van der Waals surface area contributed by atoms with E-state index in [9.17, 15) is 14.9 Å². The number of nitrogen functional groups attached to an aromatic ring is 1. The maximum absolute atomic E-state index is 12.7. The number of furan rings is 1. The van der Waals surface area contributed by atoms with Crippen LogP contribution in [0.15, 0.2) is 77.2 Å². The third kappa shape index (κ3) is 5.02. The van der Waals surface area contributed by atoms with Gasteiger partial charge in [0.05, 0.1) is 17.8 Å². The van der Waals surface area contributed by atoms with Crippen LogP contribution >= 0.6 is 11.6 Å². The first kappa shape index (κ1) is 24.4. The maximum Gasteiger partial charge on any atom is 0.342 e. The minimum atomic E-state index is -0.834. The van der Waals surface area contributed by atoms with E-state index in [1.165, 1.54) is 19.2 Å². The molecule has 0 spiro atoms. The molecule has 8 nitrogen and oxygen atoms in total. The molecule has 1 heterocycles. The highest BCUT2D eigenvalue weighted by molar-refractivity contribution is 6.33. The molecule has 0 atom stereocenters. The lowest BCUT2D eigenvalue weighted by atomic mass is 9.98. The van der Waals surface area contributed by atoms with Crippen LogP contribution in [0.4, 0.5) is 11.6 Å². The maximum atomic E-state index is 12.7. The third-order valence-corrected chi connectivity index (χ3v) is 5.57. The molecule has 0 saturated heterocycles. The van der Waals surface area contributed by atoms with Crippen molar-refractivity contribution in [1.29, 1.82) is 5.26 Å². The Bertz CT molecular complexity index is 1460. The van der Waals surface area contributed by atoms with Crippen LogP contribution in [-0.2, 0) is 9.53 Å². The Morgan fingerprint density at radius 1 is 1.06 bits per heavy atom. The number of nitriles is 1. The van der Waals surface area contributed by atoms with Crippen molar-refractivity contribution >= 4 is 35.0 Å². The molecule has 4 rings (SSSR count). The Hall–Kier alpha value is -4.74. The highest BCUT2D eigenvalue weighted by atomic mass is 35.5. The van der Waals surface area contributed by atoms with Gasteiger partial charge >= 0.3 is 5.97 Å². The first-order valence-corrected chi connectivity index (χ1v) is 11.1. The summed E-state index contributed by atoms with van der Waals surface area (Å²) in [5.74, 6) is -1.01. The van der Waals surface area contributed by atoms with E-state index in [0.717, 1.165) is 11.1 Å². The van der Waals surface area contributed by atoms with Gasteiger partial charge in [0.1, 0.15) is 28.7 Å². The van der Waals surface area contributed by atoms with Crippen LogP contribution in [0.25, 0.3) is 22.5 Å². The number of carbonyl (C=O) groups excluding carboxylic acids is 2. The lowest BCUT2D eigenvalue weighted by Gasteiger charge is -2.10. The van der Waals surface area contributed by atoms with Gasteiger partial charge in [0.2, 0.25) is 5.88 Å². The number of nitrogens with one attached hydrogen (secondary N) is 1. The summed E-state index contributed by atoms with van der Waals surface area (Å²) in [5, 5.41) is 12.6. The molecule has 0 aliphatic rings. The highest BCUT2D eigenvalue weighted by Crippen LogP contribution is 2.41. The zero-order chi connectivity index (χ0) is 25.7. The smallest absolute Gasteiger partial charge is 0.342 e. The molecule has 0 unspecified atom stereocenters. The molecule has 36 heavy (non-hydrogen) atoms. The summed E-state index contributed by atoms with van der Waals surface area (Å²) in [6, 6.07) is 23.3. The predicted octanol–water partition coefficient (Wildman–Crippen LogP) is 5.52. The van der Waals surface area contributed by atoms with E-state index in [1.54, 1.807) is 0 Å². The molecule has 180 valence electrons. The standard InChI is InChI=1S/C27H20ClN3O5/c1-34-22-13-21(30)20(28)12-18(22)27(33)35-15-23(32)31-26-19(14-29)24(16-8-4-2-5-9-16)25(36-26)17-10-6-3-7-11-17/h2-13H,15,30H2,1H3,(H,31,32). The second-order valence-corrected chi connectivity index (χ2v) is 7.96. The number of hydrogen-bond donors (Lipinski definition) is 2. The minimum absolute atomic E-state index is 0.0120. The number of nitrogens with zero attached hydrogens (tertiary/aromatic N) is 1. The van der Waals surface area contributed by atoms with Gasteiger partial charge in [0.25, 0.3) is 5.91 Å². The average molecular weight is 502 g/mol. The summed E-state index contributed by atoms with van der Waals surface area (Å²) in [6.07, 6.45) is 0. The van der Waals surface area contributed by atoms with Gasteiger partial charge in [-0.25, -0.2) is 4.79 Å². The fraction of sp³-hybridized carbons (Fsp3) is 0.0741. The fourth-order valence-corrected chi connectivity index (χ4v) is 3.73. The van der Waals surface area contributed by atoms with Crippen LogP contribution in [0.2, 0.25) is 5.02 Å². The zero-order valence-electron chi connectivity index (χ0n) is 19.1. The van der Waals surface area contributed by atoms with Crippen LogP contribution in [0.3, 0.4) is 0 Å². The summed E-state index contributed by atoms with van der Waals surface area (Å²) in [7, 11) is 1.36. The van der Waals surface area contributed by atoms with E-state index >= 15 is 0 Å². The monoisotopic (exact) mass is 501 g/mol. The average Bonchev–Trinajstić information content (AvgIpc) is 3.27. The number of methoxy groups -OCH3 is 1. The van der Waals surface area contributed by atoms with Crippen molar-refractivity contribution in [3.05, 3.63) is 88.9 Å². The van der Waals surface area contributed by atoms with Gasteiger partial charge in [-0.1, -0.05) is 72.3 Å². The number of halogens is 1. The number of rotatable bonds is 7. The molecule has 0 fully saturated rings. The molecule has 9 heteroatoms. The number of ether oxygens (including phenoxy) is 2. The topological polar surface area (TPSA) is 128 Å². The molecule has 4 aromatic rings. The van der Waals surface area contributed by atoms with E-state index in [2.05, 4.69) is 11.4 Å². The lowest BCUT2D eigenvalue weighted by molar-refractivity contribution is -0.119. The summed E-state index contributed by atoms with van der Waals surface area (Å²) in [6.45, 7) is -0.642. The van der Waals surface area contributed by atoms with Gasteiger partial charge in [-0.15, -0.1) is 0 Å². The van der Waals surface area contributed by atoms with Crippen molar-refractivity contribution < 1.29 is 23.5 Å². The van der Waals surface area contributed by atoms with Crippen LogP contribution in [0.1, 0.15) is 15.9 Å². The van der Waals surface area contributed by atoms with Crippen molar-refractivity contribution in [3.8, 4) is 34.3 Å². The molecule has 3 N–H and O–H groups in total. The molecule has 0 aliphatic carbocycles. The first-order valence-electron chi connectivity index (χ1n) is 10.7. The molecular weight excluding hydrogens is 482 g/mol. The Kier molecular flexibility index (Phi) is 7.23. The lowest BCUT2D eigenvalue weighted by Crippen LogP contribution is -2.21. The number of esters is 1. The van der Waals surface area contributed by atoms with E-state index < -0.39 is 18.5 Å². The van der Waals surface area contributed by atoms with Gasteiger partial charge in [-0.2, -0.15) is 5.26 Å². The summed E-state index contributed by atoms with van der Waals surface area (Å²) in [4.78, 5) is 25.2. The second kappa shape index (κ2) is 10.7. The van der Waals surface area contributed by atoms with Crippen molar-refractivity contribution in [3.63, 3.8) is 0 Å². The van der Waals surface area contributed by atoms with Crippen LogP contribution in [0.5, 0.6) is 5.75 Å². The van der Waals surface area contributed by atoms with Gasteiger partial charge < -0.3 is 19.6 Å². The SMILES string of the molecule is COc1cc(N)c(Cl)cc1C(=O)OCC(=O)Nc1oc(-c2ccccc2)c(-c2ccccc2)c1C#N. The normalized spacial score (nSPS) is 10.4. The van der Waals surface area contributed by atoms with Gasteiger partial charge in [-0.05, 0) is 11.6 Å². The number of hydrogen-bond acceptors (Lipinski definition) is 7. The Morgan fingerprint density at radius 2 is 1.69 bits per heavy atom. The quantitative estimate of drug-likeness (QED) is 0.252. The van der Waals surface area contributed by atoms with Crippen LogP contribution < -0.4 is 15.8 Å². The fourth-order valence-electron chi connectivity index (χ4n) is 3.57. The Morgan fingerprint density at radius 3 is 2.31 bits per heavy atom. The predicted molar refractivity (Wildman–Crippen MR) is 136 cm³/mol. The van der Waals surface area contributed by atoms with E-state index in [4.69, 9.17) is 31.2 Å². The van der Waals surface area contributed by atoms with E-state index in [1.807, 2.05) is 60.7 Å². The molecule has 0 radical (unpaired) electrons. The summed E-state index contributed by atoms with van der Waals surface area (Å²) >= 11 is 6.00. The second-order valence-electron chi connectivity index (χ2n) is 7.55. The summed E-state index contributed by atoms with van der Waals surface area (Å²) < 4.78 is 16.2. The van der Waals surface area contributed by atoms with Crippen LogP contribution in [-0.4, -0.2) is 25.6 Å². The highest BCUT2D eigenvalue weighted by Gasteiger charge is 2.25. The van der Waals surface area contributed by atoms with Crippen molar-refractivity contribution in [1.82, 2.24) is 0 Å². The number of benzene rings is 3. The third-order valence-electron chi connectivity index (χ3n) is 5.24. The molecule has 3 aromatic carbocycles. The number of nitrogens with two attached hydrogens (primary N) is 1. The Balaban J connectivity index is 1.59. The van der Waals surface area contributed by atoms with Crippen molar-refractivity contribution in [2.75, 3.05) is 24.8 Å². The molecule has 1 aromatic heterocycles. The molecule has 0 bridgehead atoms. The molecule has 0 aliphatic heterocycles. The van der Waals surface area contributed by atoms with Gasteiger partial charge in [0.15, 0.2) is 6.61 Å². The van der Waals surface area contributed by atoms with E-state index in [0.29, 0.717) is 11.3 Å². The molecule has 0 saturated carbocycles. The molecular formula is C27H20ClN3O5. The van der Waals surface area contributed by atoms with Gasteiger partial charge in [0, 0.05) is 17.2 Å². The number of carbonyl (C=O) groups is 2. The first-order chi connectivity index (χ1) is 17.4. The van der Waals surface area contributed by atoms with Crippen molar-refractivity contribution in [2.24, 2.45) is 0 Å². The number of amides is 1. The van der Waals surface area contributed by atoms with Gasteiger partial charge in [-0.3, -0.25) is 10.1 Å². The van der Waals surface area contributed by atoms with Crippen LogP contribution in [0, 0.1) is 11.3 Å². The minimum Gasteiger partial charge on any atom is -0.496 e. The Labute approximate surface area is 211 Å². The molecule has 1 amide bonds. The largest absolute Gasteiger partial charge is 0.496 e. The number of anilines is 2. The van der Waals surface area contributed by atoms with E-state index in [-0.39, 0.29) is 33.5 Å². The summed E-state index contributed by atoms with van der Waals surface area (Å²) in [5.41, 5.74) is 8.14.